The SMILES string of the molecule is COc1ccnc(N2CC3CN(C(O)c4ccc(F)c5ccccc45)CC3C2)n1. The van der Waals surface area contributed by atoms with Crippen LogP contribution >= 0.6 is 0 Å². The zero-order chi connectivity index (χ0) is 20.0. The zero-order valence-electron chi connectivity index (χ0n) is 16.2. The van der Waals surface area contributed by atoms with Gasteiger partial charge in [-0.3, -0.25) is 4.90 Å². The molecule has 2 saturated heterocycles. The Kier molecular flexibility index (Phi) is 4.56. The number of methoxy groups -OCH3 is 1. The van der Waals surface area contributed by atoms with Crippen molar-refractivity contribution in [2.24, 2.45) is 11.8 Å². The first kappa shape index (κ1) is 18.3. The minimum absolute atomic E-state index is 0.260. The monoisotopic (exact) mass is 394 g/mol. The molecule has 0 saturated carbocycles. The third-order valence-corrected chi connectivity index (χ3v) is 6.15. The van der Waals surface area contributed by atoms with E-state index in [-0.39, 0.29) is 5.82 Å². The average molecular weight is 394 g/mol. The van der Waals surface area contributed by atoms with E-state index >= 15 is 0 Å². The summed E-state index contributed by atoms with van der Waals surface area (Å²) in [6, 6.07) is 12.2. The second kappa shape index (κ2) is 7.24. The van der Waals surface area contributed by atoms with Crippen LogP contribution in [0.1, 0.15) is 11.8 Å². The molecule has 0 aliphatic carbocycles. The lowest BCUT2D eigenvalue weighted by molar-refractivity contribution is 0.0152. The molecule has 2 aliphatic rings. The van der Waals surface area contributed by atoms with E-state index in [1.807, 2.05) is 18.2 Å². The van der Waals surface area contributed by atoms with Crippen molar-refractivity contribution in [1.82, 2.24) is 14.9 Å². The maximum atomic E-state index is 14.1. The molecule has 2 aromatic carbocycles. The van der Waals surface area contributed by atoms with E-state index in [2.05, 4.69) is 19.8 Å². The van der Waals surface area contributed by atoms with E-state index in [1.165, 1.54) is 6.07 Å². The summed E-state index contributed by atoms with van der Waals surface area (Å²) < 4.78 is 19.3. The van der Waals surface area contributed by atoms with E-state index in [4.69, 9.17) is 4.74 Å². The first-order valence-electron chi connectivity index (χ1n) is 9.85. The molecule has 2 fully saturated rings. The number of halogens is 1. The second-order valence-corrected chi connectivity index (χ2v) is 7.83. The van der Waals surface area contributed by atoms with Crippen molar-refractivity contribution in [3.8, 4) is 5.88 Å². The molecule has 1 aromatic heterocycles. The van der Waals surface area contributed by atoms with Crippen LogP contribution in [0, 0.1) is 17.7 Å². The lowest BCUT2D eigenvalue weighted by Crippen LogP contribution is -2.32. The van der Waals surface area contributed by atoms with Crippen molar-refractivity contribution in [3.05, 3.63) is 60.0 Å². The topological polar surface area (TPSA) is 61.7 Å². The van der Waals surface area contributed by atoms with Gasteiger partial charge >= 0.3 is 0 Å². The molecule has 150 valence electrons. The van der Waals surface area contributed by atoms with Gasteiger partial charge in [-0.2, -0.15) is 4.98 Å². The number of aliphatic hydroxyl groups is 1. The fourth-order valence-electron chi connectivity index (χ4n) is 4.70. The van der Waals surface area contributed by atoms with E-state index in [9.17, 15) is 9.50 Å². The van der Waals surface area contributed by atoms with Gasteiger partial charge in [0, 0.05) is 49.4 Å². The fraction of sp³-hybridized carbons (Fsp3) is 0.364. The molecule has 1 N–H and O–H groups in total. The number of nitrogens with zero attached hydrogens (tertiary/aromatic N) is 4. The van der Waals surface area contributed by atoms with Gasteiger partial charge in [0.05, 0.1) is 7.11 Å². The van der Waals surface area contributed by atoms with Gasteiger partial charge < -0.3 is 14.7 Å². The Morgan fingerprint density at radius 3 is 2.48 bits per heavy atom. The van der Waals surface area contributed by atoms with Gasteiger partial charge in [0.1, 0.15) is 12.0 Å². The first-order valence-corrected chi connectivity index (χ1v) is 9.85. The summed E-state index contributed by atoms with van der Waals surface area (Å²) in [6.45, 7) is 3.28. The molecule has 3 heterocycles. The highest BCUT2D eigenvalue weighted by Crippen LogP contribution is 2.38. The number of aliphatic hydroxyl groups excluding tert-OH is 1. The normalized spacial score (nSPS) is 22.8. The zero-order valence-corrected chi connectivity index (χ0v) is 16.2. The highest BCUT2D eigenvalue weighted by molar-refractivity contribution is 5.86. The van der Waals surface area contributed by atoms with Crippen LogP contribution in [0.25, 0.3) is 10.8 Å². The van der Waals surface area contributed by atoms with Crippen molar-refractivity contribution in [2.45, 2.75) is 6.23 Å². The summed E-state index contributed by atoms with van der Waals surface area (Å²) in [4.78, 5) is 13.1. The van der Waals surface area contributed by atoms with Gasteiger partial charge in [-0.15, -0.1) is 0 Å². The van der Waals surface area contributed by atoms with Crippen LogP contribution in [-0.4, -0.2) is 53.3 Å². The van der Waals surface area contributed by atoms with Gasteiger partial charge in [-0.1, -0.05) is 30.3 Å². The second-order valence-electron chi connectivity index (χ2n) is 7.83. The predicted molar refractivity (Wildman–Crippen MR) is 108 cm³/mol. The molecular formula is C22H23FN4O2. The van der Waals surface area contributed by atoms with Gasteiger partial charge in [0.2, 0.25) is 11.8 Å². The minimum Gasteiger partial charge on any atom is -0.481 e. The maximum Gasteiger partial charge on any atom is 0.228 e. The van der Waals surface area contributed by atoms with E-state index in [0.29, 0.717) is 29.1 Å². The molecule has 29 heavy (non-hydrogen) atoms. The van der Waals surface area contributed by atoms with Crippen molar-refractivity contribution in [3.63, 3.8) is 0 Å². The van der Waals surface area contributed by atoms with Gasteiger partial charge in [-0.05, 0) is 23.3 Å². The number of benzene rings is 2. The largest absolute Gasteiger partial charge is 0.481 e. The minimum atomic E-state index is -0.743. The van der Waals surface area contributed by atoms with E-state index in [0.717, 1.165) is 37.1 Å². The van der Waals surface area contributed by atoms with Crippen LogP contribution in [0.2, 0.25) is 0 Å². The van der Waals surface area contributed by atoms with Crippen LogP contribution in [-0.2, 0) is 0 Å². The van der Waals surface area contributed by atoms with Crippen molar-refractivity contribution >= 4 is 16.7 Å². The van der Waals surface area contributed by atoms with Crippen LogP contribution in [0.4, 0.5) is 10.3 Å². The Morgan fingerprint density at radius 1 is 1.03 bits per heavy atom. The molecule has 0 spiro atoms. The van der Waals surface area contributed by atoms with Gasteiger partial charge in [0.25, 0.3) is 0 Å². The van der Waals surface area contributed by atoms with Gasteiger partial charge in [-0.25, -0.2) is 9.37 Å². The smallest absolute Gasteiger partial charge is 0.228 e. The lowest BCUT2D eigenvalue weighted by atomic mass is 10.0. The molecule has 7 heteroatoms. The van der Waals surface area contributed by atoms with Crippen LogP contribution in [0.15, 0.2) is 48.7 Å². The molecular weight excluding hydrogens is 371 g/mol. The molecule has 3 unspecified atom stereocenters. The molecule has 2 aliphatic heterocycles. The van der Waals surface area contributed by atoms with Gasteiger partial charge in [0.15, 0.2) is 0 Å². The summed E-state index contributed by atoms with van der Waals surface area (Å²) in [5, 5.41) is 12.4. The number of rotatable bonds is 4. The Hall–Kier alpha value is -2.77. The Bertz CT molecular complexity index is 1030. The van der Waals surface area contributed by atoms with Crippen molar-refractivity contribution in [2.75, 3.05) is 38.2 Å². The number of likely N-dealkylation sites (tertiary alicyclic amines) is 1. The van der Waals surface area contributed by atoms with E-state index in [1.54, 1.807) is 31.5 Å². The molecule has 0 radical (unpaired) electrons. The molecule has 5 rings (SSSR count). The van der Waals surface area contributed by atoms with Crippen LogP contribution in [0.3, 0.4) is 0 Å². The summed E-state index contributed by atoms with van der Waals surface area (Å²) in [5.41, 5.74) is 0.759. The maximum absolute atomic E-state index is 14.1. The van der Waals surface area contributed by atoms with Crippen molar-refractivity contribution < 1.29 is 14.2 Å². The highest BCUT2D eigenvalue weighted by Gasteiger charge is 2.43. The number of aromatic nitrogens is 2. The van der Waals surface area contributed by atoms with Crippen LogP contribution in [0.5, 0.6) is 5.88 Å². The first-order chi connectivity index (χ1) is 14.1. The number of anilines is 1. The molecule has 0 bridgehead atoms. The quantitative estimate of drug-likeness (QED) is 0.734. The number of ether oxygens (including phenoxy) is 1. The highest BCUT2D eigenvalue weighted by atomic mass is 19.1. The molecule has 3 atom stereocenters. The third kappa shape index (κ3) is 3.20. The lowest BCUT2D eigenvalue weighted by Gasteiger charge is -2.27. The predicted octanol–water partition coefficient (Wildman–Crippen LogP) is 2.84. The summed E-state index contributed by atoms with van der Waals surface area (Å²) >= 11 is 0. The third-order valence-electron chi connectivity index (χ3n) is 6.15. The van der Waals surface area contributed by atoms with Crippen LogP contribution < -0.4 is 9.64 Å². The summed E-state index contributed by atoms with van der Waals surface area (Å²) in [6.07, 6.45) is 0.970. The number of hydrogen-bond donors (Lipinski definition) is 1. The fourth-order valence-corrected chi connectivity index (χ4v) is 4.70. The summed E-state index contributed by atoms with van der Waals surface area (Å²) in [7, 11) is 1.60. The van der Waals surface area contributed by atoms with Crippen molar-refractivity contribution in [1.29, 1.82) is 0 Å². The molecule has 3 aromatic rings. The number of hydrogen-bond acceptors (Lipinski definition) is 6. The summed E-state index contributed by atoms with van der Waals surface area (Å²) in [5.74, 6) is 1.86. The molecule has 6 nitrogen and oxygen atoms in total. The Labute approximate surface area is 168 Å². The Morgan fingerprint density at radius 2 is 1.76 bits per heavy atom. The number of fused-ring (bicyclic) bond motifs is 2. The Balaban J connectivity index is 1.32. The standard InChI is InChI=1S/C22H23FN4O2/c1-29-20-8-9-24-22(25-20)27-12-14-10-26(11-15(14)13-27)21(28)18-6-7-19(23)17-5-3-2-4-16(17)18/h2-9,14-15,21,28H,10-13H2,1H3. The molecule has 0 amide bonds. The average Bonchev–Trinajstić information content (AvgIpc) is 3.33. The van der Waals surface area contributed by atoms with E-state index < -0.39 is 6.23 Å².